The van der Waals surface area contributed by atoms with E-state index in [-0.39, 0.29) is 24.9 Å². The minimum Gasteiger partial charge on any atom is -0.489 e. The van der Waals surface area contributed by atoms with Crippen molar-refractivity contribution < 1.29 is 23.8 Å². The molecule has 0 amide bonds. The van der Waals surface area contributed by atoms with Gasteiger partial charge in [0.1, 0.15) is 24.3 Å². The summed E-state index contributed by atoms with van der Waals surface area (Å²) in [7, 11) is 0. The van der Waals surface area contributed by atoms with Crippen molar-refractivity contribution in [1.82, 2.24) is 0 Å². The van der Waals surface area contributed by atoms with Crippen LogP contribution in [0.15, 0.2) is 36.4 Å². The van der Waals surface area contributed by atoms with Crippen LogP contribution in [-0.4, -0.2) is 23.3 Å². The van der Waals surface area contributed by atoms with E-state index in [1.165, 1.54) is 12.1 Å². The quantitative estimate of drug-likeness (QED) is 0.697. The van der Waals surface area contributed by atoms with Crippen molar-refractivity contribution in [3.63, 3.8) is 0 Å². The zero-order valence-corrected chi connectivity index (χ0v) is 16.0. The summed E-state index contributed by atoms with van der Waals surface area (Å²) in [6, 6.07) is 9.33. The van der Waals surface area contributed by atoms with E-state index in [1.54, 1.807) is 24.3 Å². The van der Waals surface area contributed by atoms with Crippen molar-refractivity contribution in [1.29, 1.82) is 0 Å². The minimum absolute atomic E-state index is 0.0320. The monoisotopic (exact) mass is 412 g/mol. The number of carbonyl (C=O) groups is 1. The normalized spacial score (nSPS) is 19.6. The van der Waals surface area contributed by atoms with Crippen LogP contribution in [0.2, 0.25) is 10.0 Å². The van der Waals surface area contributed by atoms with Crippen LogP contribution in [-0.2, 0) is 22.6 Å². The predicted octanol–water partition coefficient (Wildman–Crippen LogP) is 4.71. The first-order valence-electron chi connectivity index (χ1n) is 8.63. The summed E-state index contributed by atoms with van der Waals surface area (Å²) in [5.74, 6) is -0.178. The average Bonchev–Trinajstić information content (AvgIpc) is 2.59. The van der Waals surface area contributed by atoms with Gasteiger partial charge < -0.3 is 14.6 Å². The topological polar surface area (TPSA) is 55.8 Å². The molecule has 27 heavy (non-hydrogen) atoms. The van der Waals surface area contributed by atoms with Gasteiger partial charge in [0.05, 0.1) is 12.5 Å². The Morgan fingerprint density at radius 1 is 1.22 bits per heavy atom. The minimum atomic E-state index is -0.675. The molecule has 1 aliphatic rings. The molecule has 0 radical (unpaired) electrons. The molecule has 3 rings (SSSR count). The highest BCUT2D eigenvalue weighted by atomic mass is 35.5. The number of aliphatic hydroxyl groups is 1. The van der Waals surface area contributed by atoms with Crippen molar-refractivity contribution in [2.45, 2.75) is 44.5 Å². The molecule has 2 aromatic carbocycles. The van der Waals surface area contributed by atoms with Gasteiger partial charge in [0, 0.05) is 22.0 Å². The van der Waals surface area contributed by atoms with E-state index in [0.29, 0.717) is 35.1 Å². The lowest BCUT2D eigenvalue weighted by molar-refractivity contribution is -0.160. The zero-order chi connectivity index (χ0) is 19.4. The zero-order valence-electron chi connectivity index (χ0n) is 14.5. The van der Waals surface area contributed by atoms with Gasteiger partial charge in [-0.05, 0) is 42.7 Å². The fraction of sp³-hybridized carbons (Fsp3) is 0.350. The molecule has 0 saturated carbocycles. The van der Waals surface area contributed by atoms with Crippen LogP contribution in [0.1, 0.15) is 30.4 Å². The SMILES string of the molecule is O=C1C[C@H](O)C[C@@H](CCc2c(Cl)cc(Cl)cc2OCc2ccc(F)cc2)O1. The van der Waals surface area contributed by atoms with Crippen LogP contribution >= 0.6 is 23.2 Å². The Labute approximate surface area is 166 Å². The number of hydrogen-bond acceptors (Lipinski definition) is 4. The van der Waals surface area contributed by atoms with Crippen LogP contribution in [0.25, 0.3) is 0 Å². The maximum atomic E-state index is 13.0. The Balaban J connectivity index is 1.70. The number of hydrogen-bond donors (Lipinski definition) is 1. The van der Waals surface area contributed by atoms with E-state index in [0.717, 1.165) is 11.1 Å². The van der Waals surface area contributed by atoms with Crippen LogP contribution in [0, 0.1) is 5.82 Å². The molecule has 0 aromatic heterocycles. The van der Waals surface area contributed by atoms with Gasteiger partial charge in [-0.15, -0.1) is 0 Å². The first kappa shape index (κ1) is 19.9. The van der Waals surface area contributed by atoms with E-state index in [4.69, 9.17) is 32.7 Å². The molecule has 1 aliphatic heterocycles. The molecule has 7 heteroatoms. The van der Waals surface area contributed by atoms with Gasteiger partial charge in [0.2, 0.25) is 0 Å². The molecule has 1 heterocycles. The Morgan fingerprint density at radius 2 is 1.96 bits per heavy atom. The third-order valence-electron chi connectivity index (χ3n) is 4.38. The Kier molecular flexibility index (Phi) is 6.58. The number of halogens is 3. The number of carbonyl (C=O) groups excluding carboxylic acids is 1. The van der Waals surface area contributed by atoms with Gasteiger partial charge in [-0.3, -0.25) is 4.79 Å². The molecule has 2 atom stereocenters. The maximum absolute atomic E-state index is 13.0. The van der Waals surface area contributed by atoms with Gasteiger partial charge in [0.15, 0.2) is 0 Å². The Bertz CT molecular complexity index is 810. The first-order valence-corrected chi connectivity index (χ1v) is 9.39. The lowest BCUT2D eigenvalue weighted by Crippen LogP contribution is -2.32. The predicted molar refractivity (Wildman–Crippen MR) is 101 cm³/mol. The summed E-state index contributed by atoms with van der Waals surface area (Å²) < 4.78 is 24.2. The lowest BCUT2D eigenvalue weighted by Gasteiger charge is -2.26. The van der Waals surface area contributed by atoms with Crippen molar-refractivity contribution in [2.24, 2.45) is 0 Å². The standard InChI is InChI=1S/C20H19Cl2FO4/c21-13-7-18(22)17(6-5-16-9-15(24)10-20(25)27-16)19(8-13)26-11-12-1-3-14(23)4-2-12/h1-4,7-8,15-16,24H,5-6,9-11H2/t15-,16-/m1/s1. The third kappa shape index (κ3) is 5.58. The molecule has 1 N–H and O–H groups in total. The van der Waals surface area contributed by atoms with Crippen molar-refractivity contribution in [2.75, 3.05) is 0 Å². The molecular weight excluding hydrogens is 394 g/mol. The van der Waals surface area contributed by atoms with E-state index in [9.17, 15) is 14.3 Å². The molecule has 0 spiro atoms. The van der Waals surface area contributed by atoms with Crippen LogP contribution in [0.3, 0.4) is 0 Å². The van der Waals surface area contributed by atoms with Gasteiger partial charge in [-0.2, -0.15) is 0 Å². The molecule has 0 aliphatic carbocycles. The van der Waals surface area contributed by atoms with E-state index >= 15 is 0 Å². The largest absolute Gasteiger partial charge is 0.489 e. The summed E-state index contributed by atoms with van der Waals surface area (Å²) in [4.78, 5) is 11.5. The molecule has 1 fully saturated rings. The highest BCUT2D eigenvalue weighted by Crippen LogP contribution is 2.33. The second-order valence-electron chi connectivity index (χ2n) is 6.52. The number of cyclic esters (lactones) is 1. The molecule has 144 valence electrons. The highest BCUT2D eigenvalue weighted by molar-refractivity contribution is 6.35. The first-order chi connectivity index (χ1) is 12.9. The molecular formula is C20H19Cl2FO4. The molecule has 0 bridgehead atoms. The molecule has 4 nitrogen and oxygen atoms in total. The molecule has 2 aromatic rings. The van der Waals surface area contributed by atoms with Crippen molar-refractivity contribution >= 4 is 29.2 Å². The third-order valence-corrected chi connectivity index (χ3v) is 4.93. The van der Waals surface area contributed by atoms with Gasteiger partial charge in [0.25, 0.3) is 0 Å². The second kappa shape index (κ2) is 8.91. The fourth-order valence-electron chi connectivity index (χ4n) is 3.04. The Morgan fingerprint density at radius 3 is 2.67 bits per heavy atom. The smallest absolute Gasteiger partial charge is 0.308 e. The van der Waals surface area contributed by atoms with Crippen LogP contribution in [0.5, 0.6) is 5.75 Å². The number of aliphatic hydroxyl groups excluding tert-OH is 1. The summed E-state index contributed by atoms with van der Waals surface area (Å²) in [5.41, 5.74) is 1.56. The number of benzene rings is 2. The molecule has 1 saturated heterocycles. The second-order valence-corrected chi connectivity index (χ2v) is 7.37. The summed E-state index contributed by atoms with van der Waals surface area (Å²) in [6.07, 6.45) is 0.410. The Hall–Kier alpha value is -1.82. The van der Waals surface area contributed by atoms with Gasteiger partial charge >= 0.3 is 5.97 Å². The van der Waals surface area contributed by atoms with Crippen molar-refractivity contribution in [3.05, 3.63) is 63.4 Å². The fourth-order valence-corrected chi connectivity index (χ4v) is 3.61. The summed E-state index contributed by atoms with van der Waals surface area (Å²) in [6.45, 7) is 0.237. The lowest BCUT2D eigenvalue weighted by atomic mass is 9.99. The van der Waals surface area contributed by atoms with E-state index in [1.807, 2.05) is 0 Å². The van der Waals surface area contributed by atoms with Gasteiger partial charge in [-0.1, -0.05) is 35.3 Å². The number of rotatable bonds is 6. The van der Waals surface area contributed by atoms with Crippen LogP contribution in [0.4, 0.5) is 4.39 Å². The van der Waals surface area contributed by atoms with Crippen molar-refractivity contribution in [3.8, 4) is 5.75 Å². The average molecular weight is 413 g/mol. The van der Waals surface area contributed by atoms with Gasteiger partial charge in [-0.25, -0.2) is 4.39 Å². The number of esters is 1. The highest BCUT2D eigenvalue weighted by Gasteiger charge is 2.27. The van der Waals surface area contributed by atoms with E-state index in [2.05, 4.69) is 0 Å². The van der Waals surface area contributed by atoms with Crippen LogP contribution < -0.4 is 4.74 Å². The number of ether oxygens (including phenoxy) is 2. The maximum Gasteiger partial charge on any atom is 0.308 e. The summed E-state index contributed by atoms with van der Waals surface area (Å²) in [5, 5.41) is 10.6. The summed E-state index contributed by atoms with van der Waals surface area (Å²) >= 11 is 12.4. The van der Waals surface area contributed by atoms with E-state index < -0.39 is 12.1 Å². The molecule has 0 unspecified atom stereocenters.